The first kappa shape index (κ1) is 8.14. The lowest BCUT2D eigenvalue weighted by Gasteiger charge is -1.90. The third-order valence-electron chi connectivity index (χ3n) is 1.32. The van der Waals surface area contributed by atoms with E-state index < -0.39 is 0 Å². The zero-order chi connectivity index (χ0) is 8.27. The van der Waals surface area contributed by atoms with Gasteiger partial charge in [0.05, 0.1) is 4.88 Å². The molecule has 11 heavy (non-hydrogen) atoms. The van der Waals surface area contributed by atoms with Crippen LogP contribution in [0.5, 0.6) is 0 Å². The number of hydrogen-bond donors (Lipinski definition) is 0. The van der Waals surface area contributed by atoms with Crippen LogP contribution < -0.4 is 0 Å². The Bertz CT molecular complexity index is 262. The van der Waals surface area contributed by atoms with E-state index in [1.807, 2.05) is 0 Å². The van der Waals surface area contributed by atoms with Gasteiger partial charge < -0.3 is 0 Å². The van der Waals surface area contributed by atoms with Crippen molar-refractivity contribution >= 4 is 22.9 Å². The fourth-order valence-electron chi connectivity index (χ4n) is 0.706. The van der Waals surface area contributed by atoms with E-state index in [-0.39, 0.29) is 18.0 Å². The van der Waals surface area contributed by atoms with E-state index in [1.54, 1.807) is 24.4 Å². The largest absolute Gasteiger partial charge is 0.290 e. The molecule has 0 saturated heterocycles. The maximum atomic E-state index is 11.1. The molecule has 0 aliphatic carbocycles. The smallest absolute Gasteiger partial charge is 0.238 e. The van der Waals surface area contributed by atoms with E-state index in [0.717, 1.165) is 0 Å². The highest BCUT2D eigenvalue weighted by Crippen LogP contribution is 2.10. The number of carbonyl (C=O) groups excluding carboxylic acids is 2. The predicted octanol–water partition coefficient (Wildman–Crippen LogP) is 1.91. The van der Waals surface area contributed by atoms with Crippen molar-refractivity contribution in [2.24, 2.45) is 0 Å². The van der Waals surface area contributed by atoms with Crippen LogP contribution in [0.4, 0.5) is 0 Å². The van der Waals surface area contributed by atoms with Gasteiger partial charge in [-0.05, 0) is 11.4 Å². The summed E-state index contributed by atoms with van der Waals surface area (Å²) in [4.78, 5) is 22.5. The molecular weight excluding hydrogens is 160 g/mol. The molecule has 3 heteroatoms. The molecule has 0 spiro atoms. The van der Waals surface area contributed by atoms with Crippen molar-refractivity contribution in [2.75, 3.05) is 0 Å². The zero-order valence-corrected chi connectivity index (χ0v) is 6.98. The molecule has 1 aromatic heterocycles. The number of ketones is 2. The number of thiophene rings is 1. The molecule has 1 heterocycles. The molecule has 0 aliphatic heterocycles. The van der Waals surface area contributed by atoms with Crippen molar-refractivity contribution in [3.05, 3.63) is 22.4 Å². The Labute approximate surface area is 68.9 Å². The Hall–Kier alpha value is -0.960. The lowest BCUT2D eigenvalue weighted by Crippen LogP contribution is -2.10. The standard InChI is InChI=1S/C8H8O2S/c1-2-6(9)8(10)7-4-3-5-11-7/h3-5H,2H2,1H3. The van der Waals surface area contributed by atoms with Crippen molar-refractivity contribution < 1.29 is 9.59 Å². The zero-order valence-electron chi connectivity index (χ0n) is 6.16. The van der Waals surface area contributed by atoms with Crippen LogP contribution in [0.2, 0.25) is 0 Å². The molecule has 0 bridgehead atoms. The molecule has 0 amide bonds. The highest BCUT2D eigenvalue weighted by atomic mass is 32.1. The second-order valence-electron chi connectivity index (χ2n) is 2.08. The fourth-order valence-corrected chi connectivity index (χ4v) is 1.39. The van der Waals surface area contributed by atoms with Gasteiger partial charge in [-0.2, -0.15) is 0 Å². The van der Waals surface area contributed by atoms with Crippen molar-refractivity contribution in [3.63, 3.8) is 0 Å². The lowest BCUT2D eigenvalue weighted by atomic mass is 10.2. The van der Waals surface area contributed by atoms with Crippen molar-refractivity contribution in [1.29, 1.82) is 0 Å². The first-order chi connectivity index (χ1) is 5.25. The average Bonchev–Trinajstić information content (AvgIpc) is 2.53. The van der Waals surface area contributed by atoms with Crippen LogP contribution in [0, 0.1) is 0 Å². The van der Waals surface area contributed by atoms with E-state index in [2.05, 4.69) is 0 Å². The summed E-state index contributed by atoms with van der Waals surface area (Å²) in [6, 6.07) is 3.43. The quantitative estimate of drug-likeness (QED) is 0.510. The molecule has 0 saturated carbocycles. The summed E-state index contributed by atoms with van der Waals surface area (Å²) in [5.74, 6) is -0.671. The van der Waals surface area contributed by atoms with E-state index in [9.17, 15) is 9.59 Å². The molecule has 0 aliphatic rings. The fraction of sp³-hybridized carbons (Fsp3) is 0.250. The predicted molar refractivity (Wildman–Crippen MR) is 43.9 cm³/mol. The van der Waals surface area contributed by atoms with Crippen LogP contribution >= 0.6 is 11.3 Å². The summed E-state index contributed by atoms with van der Waals surface area (Å²) in [5, 5.41) is 1.79. The third-order valence-corrected chi connectivity index (χ3v) is 2.19. The van der Waals surface area contributed by atoms with Gasteiger partial charge >= 0.3 is 0 Å². The minimum atomic E-state index is -0.359. The molecule has 0 N–H and O–H groups in total. The van der Waals surface area contributed by atoms with Crippen LogP contribution in [0.15, 0.2) is 17.5 Å². The van der Waals surface area contributed by atoms with Gasteiger partial charge in [0.1, 0.15) is 0 Å². The number of carbonyl (C=O) groups is 2. The molecule has 0 unspecified atom stereocenters. The first-order valence-electron chi connectivity index (χ1n) is 3.36. The molecule has 1 aromatic rings. The second-order valence-corrected chi connectivity index (χ2v) is 3.03. The minimum Gasteiger partial charge on any atom is -0.290 e. The lowest BCUT2D eigenvalue weighted by molar-refractivity contribution is -0.114. The maximum absolute atomic E-state index is 11.1. The summed E-state index contributed by atoms with van der Waals surface area (Å²) in [5.41, 5.74) is 0. The minimum absolute atomic E-state index is 0.288. The molecule has 1 rings (SSSR count). The van der Waals surface area contributed by atoms with Crippen LogP contribution in [-0.2, 0) is 4.79 Å². The van der Waals surface area contributed by atoms with E-state index >= 15 is 0 Å². The highest BCUT2D eigenvalue weighted by molar-refractivity contribution is 7.13. The topological polar surface area (TPSA) is 34.1 Å². The van der Waals surface area contributed by atoms with Gasteiger partial charge in [-0.15, -0.1) is 11.3 Å². The molecule has 2 nitrogen and oxygen atoms in total. The normalized spacial score (nSPS) is 9.55. The van der Waals surface area contributed by atoms with Gasteiger partial charge in [0.25, 0.3) is 0 Å². The molecule has 0 atom stereocenters. The Kier molecular flexibility index (Phi) is 2.54. The SMILES string of the molecule is CCC(=O)C(=O)c1cccs1. The van der Waals surface area contributed by atoms with Gasteiger partial charge in [-0.25, -0.2) is 0 Å². The maximum Gasteiger partial charge on any atom is 0.238 e. The highest BCUT2D eigenvalue weighted by Gasteiger charge is 2.13. The Morgan fingerprint density at radius 1 is 1.55 bits per heavy atom. The Morgan fingerprint density at radius 2 is 2.27 bits per heavy atom. The number of rotatable bonds is 3. The van der Waals surface area contributed by atoms with Crippen LogP contribution in [-0.4, -0.2) is 11.6 Å². The summed E-state index contributed by atoms with van der Waals surface area (Å²) in [6.07, 6.45) is 0.288. The Balaban J connectivity index is 2.79. The van der Waals surface area contributed by atoms with Crippen LogP contribution in [0.25, 0.3) is 0 Å². The first-order valence-corrected chi connectivity index (χ1v) is 4.24. The van der Waals surface area contributed by atoms with Crippen LogP contribution in [0.3, 0.4) is 0 Å². The summed E-state index contributed by atoms with van der Waals surface area (Å²) in [7, 11) is 0. The van der Waals surface area contributed by atoms with Gasteiger partial charge in [0.2, 0.25) is 11.6 Å². The van der Waals surface area contributed by atoms with E-state index in [1.165, 1.54) is 11.3 Å². The third kappa shape index (κ3) is 1.74. The van der Waals surface area contributed by atoms with Crippen LogP contribution in [0.1, 0.15) is 23.0 Å². The van der Waals surface area contributed by atoms with E-state index in [0.29, 0.717) is 4.88 Å². The monoisotopic (exact) mass is 168 g/mol. The molecule has 0 fully saturated rings. The molecule has 0 aromatic carbocycles. The summed E-state index contributed by atoms with van der Waals surface area (Å²) in [6.45, 7) is 1.69. The molecule has 58 valence electrons. The summed E-state index contributed by atoms with van der Waals surface area (Å²) < 4.78 is 0. The van der Waals surface area contributed by atoms with Crippen molar-refractivity contribution in [1.82, 2.24) is 0 Å². The second kappa shape index (κ2) is 3.44. The molecule has 0 radical (unpaired) electrons. The van der Waals surface area contributed by atoms with Gasteiger partial charge in [-0.1, -0.05) is 13.0 Å². The molecular formula is C8H8O2S. The van der Waals surface area contributed by atoms with Gasteiger partial charge in [0.15, 0.2) is 0 Å². The van der Waals surface area contributed by atoms with Crippen molar-refractivity contribution in [3.8, 4) is 0 Å². The van der Waals surface area contributed by atoms with Gasteiger partial charge in [0, 0.05) is 6.42 Å². The summed E-state index contributed by atoms with van der Waals surface area (Å²) >= 11 is 1.30. The van der Waals surface area contributed by atoms with E-state index in [4.69, 9.17) is 0 Å². The van der Waals surface area contributed by atoms with Gasteiger partial charge in [-0.3, -0.25) is 9.59 Å². The Morgan fingerprint density at radius 3 is 2.73 bits per heavy atom. The number of hydrogen-bond acceptors (Lipinski definition) is 3. The number of Topliss-reactive ketones (excluding diaryl/α,β-unsaturated/α-hetero) is 2. The average molecular weight is 168 g/mol. The van der Waals surface area contributed by atoms with Crippen molar-refractivity contribution in [2.45, 2.75) is 13.3 Å².